The third kappa shape index (κ3) is 5.41. The van der Waals surface area contributed by atoms with E-state index in [2.05, 4.69) is 22.4 Å². The van der Waals surface area contributed by atoms with Crippen LogP contribution in [0.2, 0.25) is 0 Å². The molecule has 130 valence electrons. The molecule has 1 aromatic rings. The van der Waals surface area contributed by atoms with Crippen molar-refractivity contribution >= 4 is 17.7 Å². The summed E-state index contributed by atoms with van der Waals surface area (Å²) in [7, 11) is 0. The van der Waals surface area contributed by atoms with E-state index in [1.807, 2.05) is 6.92 Å². The molecule has 1 aliphatic carbocycles. The summed E-state index contributed by atoms with van der Waals surface area (Å²) in [6.45, 7) is 5.36. The normalized spacial score (nSPS) is 17.1. The third-order valence-electron chi connectivity index (χ3n) is 4.40. The van der Waals surface area contributed by atoms with Crippen LogP contribution in [0.3, 0.4) is 0 Å². The predicted octanol–water partition coefficient (Wildman–Crippen LogP) is 2.55. The molecule has 1 fully saturated rings. The lowest BCUT2D eigenvalue weighted by Gasteiger charge is -2.22. The number of carbonyl (C=O) groups is 1. The number of hydrogen-bond acceptors (Lipinski definition) is 4. The standard InChI is InChI=1S/C16H28N4O2S/c1-3-4-10-20-15(22)18-19-16(20)23-12(2)14(21)17-11-13-8-6-5-7-9-13/h12-13H,3-11H2,1-2H3,(H,17,21)(H,18,22). The molecule has 6 nitrogen and oxygen atoms in total. The van der Waals surface area contributed by atoms with Crippen LogP contribution in [-0.4, -0.2) is 32.5 Å². The van der Waals surface area contributed by atoms with Crippen molar-refractivity contribution in [1.82, 2.24) is 20.1 Å². The van der Waals surface area contributed by atoms with E-state index in [0.29, 0.717) is 17.6 Å². The smallest absolute Gasteiger partial charge is 0.343 e. The van der Waals surface area contributed by atoms with E-state index < -0.39 is 0 Å². The van der Waals surface area contributed by atoms with Crippen molar-refractivity contribution in [2.75, 3.05) is 6.54 Å². The van der Waals surface area contributed by atoms with Gasteiger partial charge >= 0.3 is 5.69 Å². The fraction of sp³-hybridized carbons (Fsp3) is 0.812. The first kappa shape index (κ1) is 18.1. The van der Waals surface area contributed by atoms with Crippen molar-refractivity contribution in [3.63, 3.8) is 0 Å². The highest BCUT2D eigenvalue weighted by atomic mass is 32.2. The largest absolute Gasteiger partial charge is 0.355 e. The van der Waals surface area contributed by atoms with Gasteiger partial charge in [0.05, 0.1) is 5.25 Å². The number of H-pyrrole nitrogens is 1. The number of hydrogen-bond donors (Lipinski definition) is 2. The molecule has 1 amide bonds. The molecular weight excluding hydrogens is 312 g/mol. The average Bonchev–Trinajstić information content (AvgIpc) is 2.91. The van der Waals surface area contributed by atoms with Crippen LogP contribution in [0.5, 0.6) is 0 Å². The average molecular weight is 340 g/mol. The second kappa shape index (κ2) is 9.15. The number of rotatable bonds is 8. The summed E-state index contributed by atoms with van der Waals surface area (Å²) in [5, 5.41) is 9.93. The van der Waals surface area contributed by atoms with Crippen LogP contribution in [0.15, 0.2) is 9.95 Å². The van der Waals surface area contributed by atoms with Crippen LogP contribution in [0, 0.1) is 5.92 Å². The van der Waals surface area contributed by atoms with Crippen LogP contribution < -0.4 is 11.0 Å². The molecule has 0 bridgehead atoms. The Bertz CT molecular complexity index is 549. The zero-order valence-electron chi connectivity index (χ0n) is 14.1. The Labute approximate surface area is 141 Å². The zero-order chi connectivity index (χ0) is 16.7. The molecule has 23 heavy (non-hydrogen) atoms. The van der Waals surface area contributed by atoms with Gasteiger partial charge < -0.3 is 5.32 Å². The lowest BCUT2D eigenvalue weighted by Crippen LogP contribution is -2.35. The van der Waals surface area contributed by atoms with E-state index in [9.17, 15) is 9.59 Å². The minimum atomic E-state index is -0.255. The molecule has 0 spiro atoms. The molecule has 2 rings (SSSR count). The first-order chi connectivity index (χ1) is 11.1. The van der Waals surface area contributed by atoms with Crippen molar-refractivity contribution in [2.24, 2.45) is 5.92 Å². The molecule has 1 unspecified atom stereocenters. The highest BCUT2D eigenvalue weighted by molar-refractivity contribution is 8.00. The molecule has 0 aromatic carbocycles. The molecule has 1 aliphatic rings. The SMILES string of the molecule is CCCCn1c(SC(C)C(=O)NCC2CCCCC2)n[nH]c1=O. The maximum atomic E-state index is 12.3. The topological polar surface area (TPSA) is 79.8 Å². The lowest BCUT2D eigenvalue weighted by molar-refractivity contribution is -0.120. The molecule has 7 heteroatoms. The first-order valence-corrected chi connectivity index (χ1v) is 9.59. The van der Waals surface area contributed by atoms with Gasteiger partial charge in [-0.25, -0.2) is 9.89 Å². The summed E-state index contributed by atoms with van der Waals surface area (Å²) >= 11 is 1.34. The summed E-state index contributed by atoms with van der Waals surface area (Å²) in [6, 6.07) is 0. The summed E-state index contributed by atoms with van der Waals surface area (Å²) < 4.78 is 1.62. The summed E-state index contributed by atoms with van der Waals surface area (Å²) in [6.07, 6.45) is 8.26. The Balaban J connectivity index is 1.84. The fourth-order valence-corrected chi connectivity index (χ4v) is 3.80. The number of nitrogens with zero attached hydrogens (tertiary/aromatic N) is 2. The Kier molecular flexibility index (Phi) is 7.20. The van der Waals surface area contributed by atoms with Crippen molar-refractivity contribution in [3.05, 3.63) is 10.5 Å². The van der Waals surface area contributed by atoms with Gasteiger partial charge in [0.1, 0.15) is 0 Å². The van der Waals surface area contributed by atoms with Crippen LogP contribution >= 0.6 is 11.8 Å². The number of aromatic nitrogens is 3. The van der Waals surface area contributed by atoms with Crippen LogP contribution in [-0.2, 0) is 11.3 Å². The second-order valence-electron chi connectivity index (χ2n) is 6.33. The van der Waals surface area contributed by atoms with E-state index in [-0.39, 0.29) is 16.8 Å². The number of aromatic amines is 1. The van der Waals surface area contributed by atoms with Gasteiger partial charge in [-0.3, -0.25) is 9.36 Å². The van der Waals surface area contributed by atoms with Crippen molar-refractivity contribution in [3.8, 4) is 0 Å². The monoisotopic (exact) mass is 340 g/mol. The fourth-order valence-electron chi connectivity index (χ4n) is 2.90. The highest BCUT2D eigenvalue weighted by Crippen LogP contribution is 2.24. The number of unbranched alkanes of at least 4 members (excludes halogenated alkanes) is 1. The van der Waals surface area contributed by atoms with Gasteiger partial charge in [0.2, 0.25) is 5.91 Å². The van der Waals surface area contributed by atoms with Crippen LogP contribution in [0.4, 0.5) is 0 Å². The number of carbonyl (C=O) groups excluding carboxylic acids is 1. The van der Waals surface area contributed by atoms with Gasteiger partial charge in [-0.05, 0) is 32.1 Å². The highest BCUT2D eigenvalue weighted by Gasteiger charge is 2.20. The zero-order valence-corrected chi connectivity index (χ0v) is 15.0. The van der Waals surface area contributed by atoms with Gasteiger partial charge in [-0.2, -0.15) is 0 Å². The van der Waals surface area contributed by atoms with Gasteiger partial charge in [0.15, 0.2) is 5.16 Å². The van der Waals surface area contributed by atoms with Crippen molar-refractivity contribution < 1.29 is 4.79 Å². The molecule has 1 aromatic heterocycles. The van der Waals surface area contributed by atoms with Crippen molar-refractivity contribution in [1.29, 1.82) is 0 Å². The summed E-state index contributed by atoms with van der Waals surface area (Å²) in [5.74, 6) is 0.649. The number of amides is 1. The minimum Gasteiger partial charge on any atom is -0.355 e. The van der Waals surface area contributed by atoms with E-state index in [4.69, 9.17) is 0 Å². The van der Waals surface area contributed by atoms with Gasteiger partial charge in [0.25, 0.3) is 0 Å². The molecule has 1 saturated carbocycles. The maximum Gasteiger partial charge on any atom is 0.343 e. The molecule has 0 aliphatic heterocycles. The summed E-state index contributed by atoms with van der Waals surface area (Å²) in [5.41, 5.74) is -0.198. The lowest BCUT2D eigenvalue weighted by atomic mass is 9.89. The number of nitrogens with one attached hydrogen (secondary N) is 2. The third-order valence-corrected chi connectivity index (χ3v) is 5.49. The molecule has 0 saturated heterocycles. The molecule has 0 radical (unpaired) electrons. The molecule has 1 heterocycles. The molecule has 2 N–H and O–H groups in total. The molecular formula is C16H28N4O2S. The summed E-state index contributed by atoms with van der Waals surface area (Å²) in [4.78, 5) is 24.0. The minimum absolute atomic E-state index is 0.0260. The Morgan fingerprint density at radius 3 is 2.87 bits per heavy atom. The quantitative estimate of drug-likeness (QED) is 0.713. The molecule has 1 atom stereocenters. The van der Waals surface area contributed by atoms with Gasteiger partial charge in [0, 0.05) is 13.1 Å². The Hall–Kier alpha value is -1.24. The van der Waals surface area contributed by atoms with E-state index in [0.717, 1.165) is 19.4 Å². The van der Waals surface area contributed by atoms with Gasteiger partial charge in [-0.15, -0.1) is 5.10 Å². The van der Waals surface area contributed by atoms with Crippen LogP contribution in [0.25, 0.3) is 0 Å². The van der Waals surface area contributed by atoms with E-state index >= 15 is 0 Å². The number of thioether (sulfide) groups is 1. The Morgan fingerprint density at radius 2 is 2.17 bits per heavy atom. The maximum absolute atomic E-state index is 12.3. The Morgan fingerprint density at radius 1 is 1.43 bits per heavy atom. The second-order valence-corrected chi connectivity index (χ2v) is 7.63. The van der Waals surface area contributed by atoms with Gasteiger partial charge in [-0.1, -0.05) is 44.4 Å². The predicted molar refractivity (Wildman–Crippen MR) is 92.7 cm³/mol. The van der Waals surface area contributed by atoms with E-state index in [1.165, 1.54) is 43.9 Å². The first-order valence-electron chi connectivity index (χ1n) is 8.71. The van der Waals surface area contributed by atoms with Crippen molar-refractivity contribution in [2.45, 2.75) is 75.7 Å². The van der Waals surface area contributed by atoms with E-state index in [1.54, 1.807) is 4.57 Å². The van der Waals surface area contributed by atoms with Crippen LogP contribution in [0.1, 0.15) is 58.8 Å².